The lowest BCUT2D eigenvalue weighted by Crippen LogP contribution is -2.44. The minimum atomic E-state index is 0.767. The van der Waals surface area contributed by atoms with E-state index in [9.17, 15) is 0 Å². The van der Waals surface area contributed by atoms with Gasteiger partial charge in [-0.25, -0.2) is 9.97 Å². The highest BCUT2D eigenvalue weighted by atomic mass is 15.3. The SMILES string of the molecule is C=C(Nc1cc2cc(/C(C=NC)=C/C)ccc2cn1)c1ccnc(N2CCN(C)CC2)c1. The highest BCUT2D eigenvalue weighted by Gasteiger charge is 2.16. The summed E-state index contributed by atoms with van der Waals surface area (Å²) in [6.07, 6.45) is 7.69. The van der Waals surface area contributed by atoms with Gasteiger partial charge in [-0.05, 0) is 54.8 Å². The Morgan fingerprint density at radius 3 is 2.59 bits per heavy atom. The molecule has 32 heavy (non-hydrogen) atoms. The van der Waals surface area contributed by atoms with Crippen molar-refractivity contribution in [2.24, 2.45) is 4.99 Å². The van der Waals surface area contributed by atoms with Crippen molar-refractivity contribution in [1.29, 1.82) is 0 Å². The van der Waals surface area contributed by atoms with Gasteiger partial charge in [-0.15, -0.1) is 0 Å². The number of aromatic nitrogens is 2. The predicted molar refractivity (Wildman–Crippen MR) is 136 cm³/mol. The molecule has 0 bridgehead atoms. The second-order valence-corrected chi connectivity index (χ2v) is 8.06. The van der Waals surface area contributed by atoms with Crippen LogP contribution >= 0.6 is 0 Å². The third kappa shape index (κ3) is 4.86. The lowest BCUT2D eigenvalue weighted by Gasteiger charge is -2.33. The molecule has 0 spiro atoms. The standard InChI is InChI=1S/C26H30N6/c1-5-20(17-27-3)22-6-7-23-18-29-25(15-24(23)14-22)30-19(2)21-8-9-28-26(16-21)32-12-10-31(4)11-13-32/h5-9,14-18H,2,10-13H2,1,3-4H3,(H,29,30)/b20-5+,27-17?. The van der Waals surface area contributed by atoms with Gasteiger partial charge in [0.1, 0.15) is 11.6 Å². The van der Waals surface area contributed by atoms with Crippen molar-refractivity contribution in [1.82, 2.24) is 14.9 Å². The number of aliphatic imine (C=N–C) groups is 1. The molecule has 1 aliphatic rings. The van der Waals surface area contributed by atoms with Gasteiger partial charge in [0.25, 0.3) is 0 Å². The zero-order chi connectivity index (χ0) is 22.5. The number of piperazine rings is 1. The lowest BCUT2D eigenvalue weighted by atomic mass is 10.0. The number of nitrogens with one attached hydrogen (secondary N) is 1. The summed E-state index contributed by atoms with van der Waals surface area (Å²) in [5, 5.41) is 5.58. The number of fused-ring (bicyclic) bond motifs is 1. The molecule has 1 saturated heterocycles. The fourth-order valence-electron chi connectivity index (χ4n) is 3.89. The van der Waals surface area contributed by atoms with Crippen molar-refractivity contribution >= 4 is 39.9 Å². The Bertz CT molecular complexity index is 1170. The van der Waals surface area contributed by atoms with Gasteiger partial charge >= 0.3 is 0 Å². The molecule has 1 aliphatic heterocycles. The van der Waals surface area contributed by atoms with Crippen LogP contribution in [-0.4, -0.2) is 61.4 Å². The fraction of sp³-hybridized carbons (Fsp3) is 0.269. The van der Waals surface area contributed by atoms with Gasteiger partial charge in [-0.1, -0.05) is 24.8 Å². The molecular formula is C26H30N6. The molecule has 0 unspecified atom stereocenters. The van der Waals surface area contributed by atoms with Crippen LogP contribution < -0.4 is 10.2 Å². The van der Waals surface area contributed by atoms with Crippen molar-refractivity contribution < 1.29 is 0 Å². The molecule has 0 amide bonds. The van der Waals surface area contributed by atoms with Crippen LogP contribution in [0.2, 0.25) is 0 Å². The lowest BCUT2D eigenvalue weighted by molar-refractivity contribution is 0.312. The van der Waals surface area contributed by atoms with E-state index < -0.39 is 0 Å². The number of anilines is 2. The summed E-state index contributed by atoms with van der Waals surface area (Å²) >= 11 is 0. The average molecular weight is 427 g/mol. The largest absolute Gasteiger partial charge is 0.354 e. The molecule has 1 fully saturated rings. The Balaban J connectivity index is 1.54. The highest BCUT2D eigenvalue weighted by molar-refractivity contribution is 6.10. The van der Waals surface area contributed by atoms with Crippen LogP contribution in [0.15, 0.2) is 66.4 Å². The van der Waals surface area contributed by atoms with Crippen molar-refractivity contribution in [3.8, 4) is 0 Å². The van der Waals surface area contributed by atoms with Crippen LogP contribution in [-0.2, 0) is 0 Å². The minimum absolute atomic E-state index is 0.767. The Morgan fingerprint density at radius 1 is 1.03 bits per heavy atom. The maximum absolute atomic E-state index is 4.58. The number of hydrogen-bond acceptors (Lipinski definition) is 6. The van der Waals surface area contributed by atoms with Gasteiger partial charge in [-0.3, -0.25) is 4.99 Å². The van der Waals surface area contributed by atoms with E-state index in [2.05, 4.69) is 80.1 Å². The van der Waals surface area contributed by atoms with E-state index in [4.69, 9.17) is 0 Å². The van der Waals surface area contributed by atoms with E-state index in [0.29, 0.717) is 0 Å². The molecule has 2 aromatic heterocycles. The number of likely N-dealkylation sites (N-methyl/N-ethyl adjacent to an activating group) is 1. The van der Waals surface area contributed by atoms with E-state index in [1.54, 1.807) is 7.05 Å². The van der Waals surface area contributed by atoms with Crippen molar-refractivity contribution in [2.75, 3.05) is 50.5 Å². The van der Waals surface area contributed by atoms with Gasteiger partial charge in [0, 0.05) is 68.5 Å². The van der Waals surface area contributed by atoms with Crippen LogP contribution in [0.3, 0.4) is 0 Å². The van der Waals surface area contributed by atoms with Crippen LogP contribution in [0.1, 0.15) is 18.1 Å². The fourth-order valence-corrected chi connectivity index (χ4v) is 3.89. The maximum atomic E-state index is 4.58. The van der Waals surface area contributed by atoms with Crippen LogP contribution in [0.5, 0.6) is 0 Å². The van der Waals surface area contributed by atoms with Crippen molar-refractivity contribution in [2.45, 2.75) is 6.92 Å². The number of allylic oxidation sites excluding steroid dienone is 2. The molecule has 0 radical (unpaired) electrons. The predicted octanol–water partition coefficient (Wildman–Crippen LogP) is 4.57. The maximum Gasteiger partial charge on any atom is 0.130 e. The van der Waals surface area contributed by atoms with Crippen LogP contribution in [0.4, 0.5) is 11.6 Å². The molecule has 6 heteroatoms. The summed E-state index contributed by atoms with van der Waals surface area (Å²) in [4.78, 5) is 18.0. The Kier molecular flexibility index (Phi) is 6.61. The normalized spacial score (nSPS) is 15.5. The summed E-state index contributed by atoms with van der Waals surface area (Å²) in [5.74, 6) is 1.76. The van der Waals surface area contributed by atoms with E-state index in [1.165, 1.54) is 0 Å². The molecule has 0 saturated carbocycles. The average Bonchev–Trinajstić information content (AvgIpc) is 2.82. The Labute approximate surface area is 190 Å². The van der Waals surface area contributed by atoms with Gasteiger partial charge in [-0.2, -0.15) is 0 Å². The summed E-state index contributed by atoms with van der Waals surface area (Å²) in [6.45, 7) is 10.3. The van der Waals surface area contributed by atoms with Crippen LogP contribution in [0, 0.1) is 0 Å². The monoisotopic (exact) mass is 426 g/mol. The van der Waals surface area contributed by atoms with E-state index in [-0.39, 0.29) is 0 Å². The molecule has 3 heterocycles. The highest BCUT2D eigenvalue weighted by Crippen LogP contribution is 2.25. The summed E-state index contributed by atoms with van der Waals surface area (Å²) in [7, 11) is 3.94. The number of hydrogen-bond donors (Lipinski definition) is 1. The third-order valence-electron chi connectivity index (χ3n) is 5.83. The molecule has 0 aliphatic carbocycles. The molecule has 6 nitrogen and oxygen atoms in total. The molecular weight excluding hydrogens is 396 g/mol. The molecule has 0 atom stereocenters. The summed E-state index contributed by atoms with van der Waals surface area (Å²) in [5.41, 5.74) is 4.05. The second kappa shape index (κ2) is 9.75. The smallest absolute Gasteiger partial charge is 0.130 e. The quantitative estimate of drug-likeness (QED) is 0.585. The molecule has 164 valence electrons. The first-order valence-corrected chi connectivity index (χ1v) is 10.9. The van der Waals surface area contributed by atoms with Crippen molar-refractivity contribution in [3.63, 3.8) is 0 Å². The molecule has 1 N–H and O–H groups in total. The number of pyridine rings is 2. The topological polar surface area (TPSA) is 56.7 Å². The first kappa shape index (κ1) is 21.7. The first-order chi connectivity index (χ1) is 15.6. The minimum Gasteiger partial charge on any atom is -0.354 e. The molecule has 1 aromatic carbocycles. The van der Waals surface area contributed by atoms with E-state index >= 15 is 0 Å². The molecule has 3 aromatic rings. The number of benzene rings is 1. The zero-order valence-corrected chi connectivity index (χ0v) is 19.0. The van der Waals surface area contributed by atoms with Gasteiger partial charge in [0.2, 0.25) is 0 Å². The van der Waals surface area contributed by atoms with E-state index in [1.807, 2.05) is 31.6 Å². The first-order valence-electron chi connectivity index (χ1n) is 10.9. The third-order valence-corrected chi connectivity index (χ3v) is 5.83. The molecule has 4 rings (SSSR count). The van der Waals surface area contributed by atoms with Crippen molar-refractivity contribution in [3.05, 3.63) is 72.6 Å². The van der Waals surface area contributed by atoms with Crippen LogP contribution in [0.25, 0.3) is 22.0 Å². The summed E-state index contributed by atoms with van der Waals surface area (Å²) < 4.78 is 0. The Hall–Kier alpha value is -3.51. The van der Waals surface area contributed by atoms with Gasteiger partial charge < -0.3 is 15.1 Å². The number of nitrogens with zero attached hydrogens (tertiary/aromatic N) is 5. The Morgan fingerprint density at radius 2 is 1.84 bits per heavy atom. The number of rotatable bonds is 6. The summed E-state index contributed by atoms with van der Waals surface area (Å²) in [6, 6.07) is 12.5. The van der Waals surface area contributed by atoms with Gasteiger partial charge in [0.05, 0.1) is 0 Å². The van der Waals surface area contributed by atoms with E-state index in [0.717, 1.165) is 71.0 Å². The zero-order valence-electron chi connectivity index (χ0n) is 19.0. The second-order valence-electron chi connectivity index (χ2n) is 8.06. The van der Waals surface area contributed by atoms with Gasteiger partial charge in [0.15, 0.2) is 0 Å².